The number of carbonyl (C=O) groups is 3. The average molecular weight is 467 g/mol. The van der Waals surface area contributed by atoms with Crippen molar-refractivity contribution >= 4 is 46.4 Å². The fourth-order valence-corrected chi connectivity index (χ4v) is 3.27. The quantitative estimate of drug-likeness (QED) is 0.450. The molecule has 0 aromatic heterocycles. The van der Waals surface area contributed by atoms with E-state index in [4.69, 9.17) is 21.1 Å². The van der Waals surface area contributed by atoms with E-state index in [1.54, 1.807) is 17.0 Å². The minimum Gasteiger partial charge on any atom is -0.495 e. The molecule has 3 aromatic carbocycles. The first-order chi connectivity index (χ1) is 16.0. The van der Waals surface area contributed by atoms with Crippen molar-refractivity contribution in [3.63, 3.8) is 0 Å². The number of rotatable bonds is 9. The third-order valence-electron chi connectivity index (χ3n) is 4.62. The minimum absolute atomic E-state index is 0.0770. The summed E-state index contributed by atoms with van der Waals surface area (Å²) in [5, 5.41) is 3.00. The van der Waals surface area contributed by atoms with Gasteiger partial charge in [0.2, 0.25) is 5.91 Å². The van der Waals surface area contributed by atoms with Gasteiger partial charge < -0.3 is 14.8 Å². The number of nitrogens with one attached hydrogen (secondary N) is 1. The summed E-state index contributed by atoms with van der Waals surface area (Å²) in [4.78, 5) is 38.8. The molecule has 0 saturated carbocycles. The van der Waals surface area contributed by atoms with Gasteiger partial charge in [0.1, 0.15) is 5.75 Å². The number of esters is 1. The molecule has 0 fully saturated rings. The van der Waals surface area contributed by atoms with Crippen LogP contribution in [-0.2, 0) is 19.1 Å². The lowest BCUT2D eigenvalue weighted by Crippen LogP contribution is -2.27. The number of hydrogen-bond acceptors (Lipinski definition) is 5. The van der Waals surface area contributed by atoms with E-state index < -0.39 is 18.5 Å². The number of para-hydroxylation sites is 2. The fraction of sp³-hybridized carbons (Fsp3) is 0.160. The largest absolute Gasteiger partial charge is 0.495 e. The Morgan fingerprint density at radius 2 is 1.48 bits per heavy atom. The van der Waals surface area contributed by atoms with Crippen LogP contribution in [0.5, 0.6) is 5.75 Å². The van der Waals surface area contributed by atoms with Gasteiger partial charge >= 0.3 is 5.97 Å². The second-order valence-electron chi connectivity index (χ2n) is 6.95. The molecule has 0 aliphatic heterocycles. The number of amides is 2. The second kappa shape index (κ2) is 11.7. The maximum absolute atomic E-state index is 12.9. The Morgan fingerprint density at radius 3 is 2.06 bits per heavy atom. The van der Waals surface area contributed by atoms with Crippen LogP contribution in [0.2, 0.25) is 5.02 Å². The Morgan fingerprint density at radius 1 is 0.879 bits per heavy atom. The lowest BCUT2D eigenvalue weighted by Gasteiger charge is -2.23. The zero-order valence-corrected chi connectivity index (χ0v) is 18.7. The Hall–Kier alpha value is -3.84. The van der Waals surface area contributed by atoms with Crippen LogP contribution >= 0.6 is 11.6 Å². The lowest BCUT2D eigenvalue weighted by molar-refractivity contribution is -0.148. The summed E-state index contributed by atoms with van der Waals surface area (Å²) in [6, 6.07) is 23.1. The zero-order chi connectivity index (χ0) is 23.6. The Bertz CT molecular complexity index is 1070. The molecule has 0 heterocycles. The van der Waals surface area contributed by atoms with E-state index in [-0.39, 0.29) is 18.7 Å². The summed E-state index contributed by atoms with van der Waals surface area (Å²) < 4.78 is 10.2. The molecule has 3 aromatic rings. The smallest absolute Gasteiger partial charge is 0.306 e. The number of methoxy groups -OCH3 is 1. The van der Waals surface area contributed by atoms with Crippen molar-refractivity contribution in [1.82, 2.24) is 0 Å². The van der Waals surface area contributed by atoms with E-state index in [2.05, 4.69) is 5.32 Å². The summed E-state index contributed by atoms with van der Waals surface area (Å²) in [6.07, 6.45) is -0.241. The topological polar surface area (TPSA) is 84.9 Å². The molecule has 7 nitrogen and oxygen atoms in total. The van der Waals surface area contributed by atoms with Crippen LogP contribution in [0.3, 0.4) is 0 Å². The fourth-order valence-electron chi connectivity index (χ4n) is 3.09. The molecule has 8 heteroatoms. The van der Waals surface area contributed by atoms with Crippen LogP contribution in [0.4, 0.5) is 17.1 Å². The first kappa shape index (κ1) is 23.8. The normalized spacial score (nSPS) is 10.2. The van der Waals surface area contributed by atoms with Gasteiger partial charge in [0.25, 0.3) is 5.91 Å². The summed E-state index contributed by atoms with van der Waals surface area (Å²) in [5.41, 5.74) is 1.75. The SMILES string of the molecule is COc1ccc(Cl)cc1NC(=O)COC(=O)CCC(=O)N(c1ccccc1)c1ccccc1. The van der Waals surface area contributed by atoms with Crippen LogP contribution in [0.1, 0.15) is 12.8 Å². The number of ether oxygens (including phenoxy) is 2. The molecule has 0 spiro atoms. The second-order valence-corrected chi connectivity index (χ2v) is 7.39. The highest BCUT2D eigenvalue weighted by Crippen LogP contribution is 2.28. The third kappa shape index (κ3) is 6.82. The maximum atomic E-state index is 12.9. The van der Waals surface area contributed by atoms with E-state index in [0.29, 0.717) is 27.8 Å². The molecule has 33 heavy (non-hydrogen) atoms. The van der Waals surface area contributed by atoms with Crippen molar-refractivity contribution in [2.24, 2.45) is 0 Å². The van der Waals surface area contributed by atoms with Crippen molar-refractivity contribution < 1.29 is 23.9 Å². The molecule has 1 N–H and O–H groups in total. The van der Waals surface area contributed by atoms with E-state index >= 15 is 0 Å². The van der Waals surface area contributed by atoms with Gasteiger partial charge in [-0.2, -0.15) is 0 Å². The Balaban J connectivity index is 1.54. The van der Waals surface area contributed by atoms with Crippen LogP contribution in [-0.4, -0.2) is 31.5 Å². The van der Waals surface area contributed by atoms with Gasteiger partial charge in [0, 0.05) is 22.8 Å². The predicted molar refractivity (Wildman–Crippen MR) is 127 cm³/mol. The van der Waals surface area contributed by atoms with Gasteiger partial charge in [-0.25, -0.2) is 0 Å². The number of hydrogen-bond donors (Lipinski definition) is 1. The van der Waals surface area contributed by atoms with Crippen molar-refractivity contribution in [3.8, 4) is 5.75 Å². The van der Waals surface area contributed by atoms with Crippen molar-refractivity contribution in [2.75, 3.05) is 23.9 Å². The maximum Gasteiger partial charge on any atom is 0.306 e. The van der Waals surface area contributed by atoms with E-state index in [9.17, 15) is 14.4 Å². The number of halogens is 1. The molecule has 0 saturated heterocycles. The molecule has 0 unspecified atom stereocenters. The molecule has 0 radical (unpaired) electrons. The first-order valence-corrected chi connectivity index (χ1v) is 10.6. The van der Waals surface area contributed by atoms with Crippen LogP contribution in [0.25, 0.3) is 0 Å². The van der Waals surface area contributed by atoms with E-state index in [1.807, 2.05) is 60.7 Å². The number of anilines is 3. The van der Waals surface area contributed by atoms with Gasteiger partial charge in [-0.1, -0.05) is 48.0 Å². The average Bonchev–Trinajstić information content (AvgIpc) is 2.83. The molecule has 0 aliphatic carbocycles. The molecule has 2 amide bonds. The summed E-state index contributed by atoms with van der Waals surface area (Å²) in [5.74, 6) is -1.05. The highest BCUT2D eigenvalue weighted by atomic mass is 35.5. The lowest BCUT2D eigenvalue weighted by atomic mass is 10.2. The standard InChI is InChI=1S/C25H23ClN2O5/c1-32-22-13-12-18(26)16-21(22)27-23(29)17-33-25(31)15-14-24(30)28(19-8-4-2-5-9-19)20-10-6-3-7-11-20/h2-13,16H,14-15,17H2,1H3,(H,27,29). The van der Waals surface area contributed by atoms with Gasteiger partial charge in [-0.15, -0.1) is 0 Å². The molecule has 0 atom stereocenters. The Kier molecular flexibility index (Phi) is 8.43. The first-order valence-electron chi connectivity index (χ1n) is 10.2. The number of nitrogens with zero attached hydrogens (tertiary/aromatic N) is 1. The van der Waals surface area contributed by atoms with Crippen molar-refractivity contribution in [3.05, 3.63) is 83.9 Å². The van der Waals surface area contributed by atoms with Gasteiger partial charge in [0.15, 0.2) is 6.61 Å². The van der Waals surface area contributed by atoms with Crippen LogP contribution in [0.15, 0.2) is 78.9 Å². The number of carbonyl (C=O) groups excluding carboxylic acids is 3. The third-order valence-corrected chi connectivity index (χ3v) is 4.86. The highest BCUT2D eigenvalue weighted by Gasteiger charge is 2.19. The molecular formula is C25H23ClN2O5. The molecular weight excluding hydrogens is 444 g/mol. The van der Waals surface area contributed by atoms with Gasteiger partial charge in [-0.3, -0.25) is 19.3 Å². The minimum atomic E-state index is -0.655. The monoisotopic (exact) mass is 466 g/mol. The van der Waals surface area contributed by atoms with Crippen molar-refractivity contribution in [2.45, 2.75) is 12.8 Å². The van der Waals surface area contributed by atoms with Crippen LogP contribution < -0.4 is 15.0 Å². The number of benzene rings is 3. The summed E-state index contributed by atoms with van der Waals surface area (Å²) >= 11 is 5.94. The summed E-state index contributed by atoms with van der Waals surface area (Å²) in [6.45, 7) is -0.496. The molecule has 170 valence electrons. The van der Waals surface area contributed by atoms with Gasteiger partial charge in [0.05, 0.1) is 19.2 Å². The van der Waals surface area contributed by atoms with Gasteiger partial charge in [-0.05, 0) is 42.5 Å². The molecule has 0 aliphatic rings. The highest BCUT2D eigenvalue weighted by molar-refractivity contribution is 6.31. The molecule has 3 rings (SSSR count). The van der Waals surface area contributed by atoms with Crippen LogP contribution in [0, 0.1) is 0 Å². The zero-order valence-electron chi connectivity index (χ0n) is 18.0. The van der Waals surface area contributed by atoms with Crippen molar-refractivity contribution in [1.29, 1.82) is 0 Å². The predicted octanol–water partition coefficient (Wildman–Crippen LogP) is 4.98. The molecule has 0 bridgehead atoms. The Labute approximate surface area is 196 Å². The van der Waals surface area contributed by atoms with E-state index in [1.165, 1.54) is 13.2 Å². The summed E-state index contributed by atoms with van der Waals surface area (Å²) in [7, 11) is 1.46. The van der Waals surface area contributed by atoms with E-state index in [0.717, 1.165) is 0 Å².